The zero-order valence-electron chi connectivity index (χ0n) is 26.1. The van der Waals surface area contributed by atoms with Crippen LogP contribution in [-0.4, -0.2) is 51.6 Å². The molecule has 0 amide bonds. The van der Waals surface area contributed by atoms with Crippen molar-refractivity contribution in [3.05, 3.63) is 129 Å². The van der Waals surface area contributed by atoms with Crippen molar-refractivity contribution in [1.29, 1.82) is 0 Å². The molecule has 2 aliphatic carbocycles. The minimum atomic E-state index is -3.08. The third-order valence-electron chi connectivity index (χ3n) is 7.92. The van der Waals surface area contributed by atoms with Crippen LogP contribution in [0, 0.1) is 0 Å². The highest BCUT2D eigenvalue weighted by molar-refractivity contribution is 7.33. The first-order valence-corrected chi connectivity index (χ1v) is 15.6. The molecule has 0 spiro atoms. The SMILES string of the molecule is COc1cccc2c1C(=O)c1c(OC)cc(C=CO[PH](=O)OC=Cc3cc(OC)c4c(c3)C(=O)c3cccc(OC)c3C4=O)cc1C2=O. The van der Waals surface area contributed by atoms with E-state index in [1.807, 2.05) is 0 Å². The van der Waals surface area contributed by atoms with Crippen LogP contribution in [-0.2, 0) is 13.6 Å². The van der Waals surface area contributed by atoms with Gasteiger partial charge in [0, 0.05) is 22.3 Å². The summed E-state index contributed by atoms with van der Waals surface area (Å²) in [5, 5.41) is 0. The summed E-state index contributed by atoms with van der Waals surface area (Å²) in [6.45, 7) is 0. The minimum Gasteiger partial charge on any atom is -0.496 e. The largest absolute Gasteiger partial charge is 0.496 e. The number of hydrogen-bond acceptors (Lipinski definition) is 11. The molecular formula is C36H27O11P. The Morgan fingerprint density at radius 3 is 1.23 bits per heavy atom. The molecule has 0 heterocycles. The van der Waals surface area contributed by atoms with Gasteiger partial charge in [-0.3, -0.25) is 19.2 Å². The summed E-state index contributed by atoms with van der Waals surface area (Å²) in [5.41, 5.74) is 2.21. The Morgan fingerprint density at radius 2 is 0.854 bits per heavy atom. The van der Waals surface area contributed by atoms with E-state index < -0.39 is 19.8 Å². The van der Waals surface area contributed by atoms with Crippen LogP contribution in [0.5, 0.6) is 23.0 Å². The molecule has 4 aromatic rings. The highest BCUT2D eigenvalue weighted by atomic mass is 31.1. The van der Waals surface area contributed by atoms with Gasteiger partial charge < -0.3 is 28.0 Å². The molecule has 11 nitrogen and oxygen atoms in total. The fraction of sp³-hybridized carbons (Fsp3) is 0.111. The third kappa shape index (κ3) is 5.44. The first kappa shape index (κ1) is 32.0. The Labute approximate surface area is 275 Å². The Kier molecular flexibility index (Phi) is 8.71. The van der Waals surface area contributed by atoms with Gasteiger partial charge in [-0.15, -0.1) is 0 Å². The second kappa shape index (κ2) is 13.1. The number of methoxy groups -OCH3 is 4. The van der Waals surface area contributed by atoms with Gasteiger partial charge in [0.1, 0.15) is 23.0 Å². The number of hydrogen-bond donors (Lipinski definition) is 0. The standard InChI is InChI=1S/C36H27O11P/c1-42-25-9-5-7-21-29(25)35(39)31-23(33(21)37)15-19(17-27(31)44-3)11-13-46-48(41)47-14-12-20-16-24-32(28(18-20)45-4)36(40)30-22(34(24)38)8-6-10-26(30)43-2/h5-18,48H,1-4H3. The van der Waals surface area contributed by atoms with Crippen LogP contribution >= 0.6 is 8.25 Å². The predicted octanol–water partition coefficient (Wildman–Crippen LogP) is 6.34. The van der Waals surface area contributed by atoms with Gasteiger partial charge in [-0.05, 0) is 59.7 Å². The van der Waals surface area contributed by atoms with Crippen molar-refractivity contribution in [2.45, 2.75) is 0 Å². The highest BCUT2D eigenvalue weighted by Gasteiger charge is 2.36. The van der Waals surface area contributed by atoms with E-state index in [2.05, 4.69) is 0 Å². The summed E-state index contributed by atoms with van der Waals surface area (Å²) in [6, 6.07) is 15.7. The van der Waals surface area contributed by atoms with Crippen molar-refractivity contribution >= 4 is 43.5 Å². The molecule has 0 radical (unpaired) electrons. The van der Waals surface area contributed by atoms with Crippen molar-refractivity contribution in [2.75, 3.05) is 28.4 Å². The quantitative estimate of drug-likeness (QED) is 0.120. The highest BCUT2D eigenvalue weighted by Crippen LogP contribution is 2.40. The van der Waals surface area contributed by atoms with Crippen LogP contribution in [0.1, 0.15) is 74.8 Å². The summed E-state index contributed by atoms with van der Waals surface area (Å²) >= 11 is 0. The van der Waals surface area contributed by atoms with Crippen LogP contribution in [0.2, 0.25) is 0 Å². The lowest BCUT2D eigenvalue weighted by Crippen LogP contribution is -2.22. The number of ether oxygens (including phenoxy) is 4. The molecule has 4 aromatic carbocycles. The van der Waals surface area contributed by atoms with E-state index in [0.29, 0.717) is 11.1 Å². The predicted molar refractivity (Wildman–Crippen MR) is 175 cm³/mol. The minimum absolute atomic E-state index is 0.119. The van der Waals surface area contributed by atoms with Crippen molar-refractivity contribution < 1.29 is 51.7 Å². The van der Waals surface area contributed by atoms with Gasteiger partial charge in [-0.25, -0.2) is 4.57 Å². The molecule has 0 atom stereocenters. The Bertz CT molecular complexity index is 1980. The summed E-state index contributed by atoms with van der Waals surface area (Å²) in [6.07, 6.45) is 5.17. The molecule has 0 saturated heterocycles. The molecule has 0 fully saturated rings. The normalized spacial score (nSPS) is 13.8. The lowest BCUT2D eigenvalue weighted by molar-refractivity contribution is 0.0974. The van der Waals surface area contributed by atoms with Crippen molar-refractivity contribution in [2.24, 2.45) is 0 Å². The van der Waals surface area contributed by atoms with E-state index in [0.717, 1.165) is 12.5 Å². The molecule has 0 bridgehead atoms. The van der Waals surface area contributed by atoms with E-state index in [9.17, 15) is 23.7 Å². The Morgan fingerprint density at radius 1 is 0.479 bits per heavy atom. The molecule has 0 N–H and O–H groups in total. The van der Waals surface area contributed by atoms with E-state index in [1.54, 1.807) is 48.5 Å². The maximum atomic E-state index is 13.4. The summed E-state index contributed by atoms with van der Waals surface area (Å²) < 4.78 is 44.4. The molecule has 48 heavy (non-hydrogen) atoms. The number of fused-ring (bicyclic) bond motifs is 4. The molecule has 0 aliphatic heterocycles. The molecule has 0 aromatic heterocycles. The van der Waals surface area contributed by atoms with E-state index in [4.69, 9.17) is 28.0 Å². The van der Waals surface area contributed by atoms with Crippen LogP contribution in [0.25, 0.3) is 12.2 Å². The first-order chi connectivity index (χ1) is 23.2. The Hall–Kier alpha value is -5.93. The van der Waals surface area contributed by atoms with Gasteiger partial charge in [0.05, 0.1) is 63.2 Å². The summed E-state index contributed by atoms with van der Waals surface area (Å²) in [7, 11) is 2.53. The maximum absolute atomic E-state index is 13.4. The topological polar surface area (TPSA) is 141 Å². The molecule has 6 rings (SSSR count). The number of rotatable bonds is 10. The second-order valence-corrected chi connectivity index (χ2v) is 11.4. The summed E-state index contributed by atoms with van der Waals surface area (Å²) in [5.74, 6) is -0.610. The monoisotopic (exact) mass is 666 g/mol. The molecular weight excluding hydrogens is 639 g/mol. The molecule has 0 unspecified atom stereocenters. The van der Waals surface area contributed by atoms with E-state index in [1.165, 1.54) is 52.7 Å². The number of carbonyl (C=O) groups is 4. The van der Waals surface area contributed by atoms with Gasteiger partial charge in [-0.2, -0.15) is 0 Å². The molecule has 2 aliphatic rings. The average Bonchev–Trinajstić information content (AvgIpc) is 3.11. The van der Waals surface area contributed by atoms with E-state index >= 15 is 0 Å². The van der Waals surface area contributed by atoms with Crippen LogP contribution in [0.3, 0.4) is 0 Å². The van der Waals surface area contributed by atoms with Crippen LogP contribution in [0.4, 0.5) is 0 Å². The summed E-state index contributed by atoms with van der Waals surface area (Å²) in [4.78, 5) is 53.5. The van der Waals surface area contributed by atoms with E-state index in [-0.39, 0.29) is 79.1 Å². The number of ketones is 4. The van der Waals surface area contributed by atoms with Gasteiger partial charge in [0.25, 0.3) is 0 Å². The molecule has 242 valence electrons. The van der Waals surface area contributed by atoms with Crippen LogP contribution in [0.15, 0.2) is 73.2 Å². The molecule has 0 saturated carbocycles. The molecule has 12 heteroatoms. The maximum Gasteiger partial charge on any atom is 0.417 e. The first-order valence-electron chi connectivity index (χ1n) is 14.4. The van der Waals surface area contributed by atoms with Crippen LogP contribution < -0.4 is 18.9 Å². The zero-order valence-corrected chi connectivity index (χ0v) is 27.1. The second-order valence-electron chi connectivity index (χ2n) is 10.5. The third-order valence-corrected chi connectivity index (χ3v) is 8.57. The fourth-order valence-electron chi connectivity index (χ4n) is 5.77. The van der Waals surface area contributed by atoms with Crippen molar-refractivity contribution in [3.63, 3.8) is 0 Å². The number of carbonyl (C=O) groups excluding carboxylic acids is 4. The lowest BCUT2D eigenvalue weighted by atomic mass is 9.82. The fourth-order valence-corrected chi connectivity index (χ4v) is 6.18. The van der Waals surface area contributed by atoms with Gasteiger partial charge in [0.15, 0.2) is 11.6 Å². The van der Waals surface area contributed by atoms with Crippen molar-refractivity contribution in [3.8, 4) is 23.0 Å². The van der Waals surface area contributed by atoms with Crippen molar-refractivity contribution in [1.82, 2.24) is 0 Å². The van der Waals surface area contributed by atoms with Gasteiger partial charge in [0.2, 0.25) is 11.6 Å². The Balaban J connectivity index is 1.17. The zero-order chi connectivity index (χ0) is 34.1. The number of benzene rings is 4. The van der Waals surface area contributed by atoms with Gasteiger partial charge in [-0.1, -0.05) is 24.3 Å². The average molecular weight is 667 g/mol. The van der Waals surface area contributed by atoms with Gasteiger partial charge >= 0.3 is 8.25 Å². The lowest BCUT2D eigenvalue weighted by Gasteiger charge is -2.21. The smallest absolute Gasteiger partial charge is 0.417 e.